The predicted molar refractivity (Wildman–Crippen MR) is 57.5 cm³/mol. The molecule has 0 spiro atoms. The molecule has 0 radical (unpaired) electrons. The monoisotopic (exact) mass is 300 g/mol. The maximum atomic E-state index is 9.86. The number of esters is 2. The first-order valence-electron chi connectivity index (χ1n) is 4.29. The molecule has 0 aromatic rings. The first-order valence-corrected chi connectivity index (χ1v) is 4.96. The van der Waals surface area contributed by atoms with Gasteiger partial charge in [-0.3, -0.25) is 9.59 Å². The van der Waals surface area contributed by atoms with Crippen LogP contribution < -0.4 is 0 Å². The molecule has 0 aliphatic heterocycles. The summed E-state index contributed by atoms with van der Waals surface area (Å²) in [4.78, 5) is 39.0. The van der Waals surface area contributed by atoms with Gasteiger partial charge in [0.2, 0.25) is 0 Å². The van der Waals surface area contributed by atoms with Crippen molar-refractivity contribution < 1.29 is 47.3 Å². The fourth-order valence-electron chi connectivity index (χ4n) is 0.327. The number of carboxylic acids is 2. The molecule has 0 heterocycles. The number of hydrogen-bond donors (Lipinski definition) is 2. The van der Waals surface area contributed by atoms with E-state index in [1.165, 1.54) is 0 Å². The van der Waals surface area contributed by atoms with E-state index in [0.29, 0.717) is 0 Å². The summed E-state index contributed by atoms with van der Waals surface area (Å²) in [5.74, 6) is -3.43. The summed E-state index contributed by atoms with van der Waals surface area (Å²) in [6.45, 7) is 1.22. The lowest BCUT2D eigenvalue weighted by atomic mass is 10.7. The molecule has 11 heteroatoms. The van der Waals surface area contributed by atoms with Crippen LogP contribution in [0.4, 0.5) is 0 Å². The second-order valence-electron chi connectivity index (χ2n) is 2.42. The largest absolute Gasteiger partial charge is 0.479 e. The molecular weight excluding hydrogens is 288 g/mol. The quantitative estimate of drug-likeness (QED) is 0.590. The maximum absolute atomic E-state index is 9.86. The predicted octanol–water partition coefficient (Wildman–Crippen LogP) is -1.40. The van der Waals surface area contributed by atoms with Gasteiger partial charge in [-0.05, 0) is 0 Å². The van der Waals surface area contributed by atoms with Gasteiger partial charge in [0.1, 0.15) is 0 Å². The van der Waals surface area contributed by atoms with Crippen LogP contribution >= 0.6 is 0 Å². The fourth-order valence-corrected chi connectivity index (χ4v) is 0.327. The Labute approximate surface area is 110 Å². The molecule has 2 N–H and O–H groups in total. The van der Waals surface area contributed by atoms with Gasteiger partial charge in [-0.25, -0.2) is 9.59 Å². The van der Waals surface area contributed by atoms with Crippen molar-refractivity contribution in [2.75, 3.05) is 13.2 Å². The van der Waals surface area contributed by atoms with E-state index in [-0.39, 0.29) is 0 Å². The van der Waals surface area contributed by atoms with Crippen molar-refractivity contribution in [3.8, 4) is 0 Å². The molecule has 0 aromatic carbocycles. The zero-order valence-electron chi connectivity index (χ0n) is 9.98. The van der Waals surface area contributed by atoms with Crippen LogP contribution in [0.2, 0.25) is 0 Å². The molecule has 0 atom stereocenters. The summed E-state index contributed by atoms with van der Waals surface area (Å²) in [6, 6.07) is 0. The van der Waals surface area contributed by atoms with Crippen molar-refractivity contribution in [3.05, 3.63) is 0 Å². The number of aliphatic carboxylic acids is 2. The minimum absolute atomic E-state index is 0.546. The second kappa shape index (κ2) is 15.7. The Bertz CT molecular complexity index is 287. The standard InChI is InChI=1S/2C4H6O4.O2S/c2*1-3(5)8-2-4(6)7;1-3-2/h2*2H2,1H3,(H,6,7);. The lowest BCUT2D eigenvalue weighted by Crippen LogP contribution is -2.09. The lowest BCUT2D eigenvalue weighted by molar-refractivity contribution is -0.153. The third-order valence-electron chi connectivity index (χ3n) is 0.798. The molecule has 19 heavy (non-hydrogen) atoms. The molecule has 0 aliphatic rings. The smallest absolute Gasteiger partial charge is 0.341 e. The SMILES string of the molecule is CC(=O)OCC(=O)O.CC(=O)OCC(=O)O.O=S=O. The molecule has 0 saturated carbocycles. The van der Waals surface area contributed by atoms with Gasteiger partial charge in [0.05, 0.1) is 0 Å². The number of carbonyl (C=O) groups excluding carboxylic acids is 2. The fraction of sp³-hybridized carbons (Fsp3) is 0.500. The highest BCUT2D eigenvalue weighted by Gasteiger charge is 1.97. The van der Waals surface area contributed by atoms with Gasteiger partial charge in [0.25, 0.3) is 0 Å². The molecule has 0 amide bonds. The van der Waals surface area contributed by atoms with Gasteiger partial charge in [-0.2, -0.15) is 8.42 Å². The summed E-state index contributed by atoms with van der Waals surface area (Å²) in [5.41, 5.74) is 0. The number of ether oxygens (including phenoxy) is 2. The van der Waals surface area contributed by atoms with Gasteiger partial charge in [0.15, 0.2) is 13.2 Å². The van der Waals surface area contributed by atoms with Gasteiger partial charge >= 0.3 is 35.4 Å². The molecule has 110 valence electrons. The zero-order chi connectivity index (χ0) is 15.8. The molecule has 0 aliphatic carbocycles. The van der Waals surface area contributed by atoms with Crippen LogP contribution in [0.5, 0.6) is 0 Å². The van der Waals surface area contributed by atoms with Crippen LogP contribution in [-0.2, 0) is 40.2 Å². The van der Waals surface area contributed by atoms with E-state index in [2.05, 4.69) is 9.47 Å². The van der Waals surface area contributed by atoms with Gasteiger partial charge in [-0.1, -0.05) is 0 Å². The lowest BCUT2D eigenvalue weighted by Gasteiger charge is -1.92. The molecule has 0 bridgehead atoms. The molecule has 0 fully saturated rings. The summed E-state index contributed by atoms with van der Waals surface area (Å²) in [5, 5.41) is 15.8. The average Bonchev–Trinajstić information content (AvgIpc) is 2.25. The van der Waals surface area contributed by atoms with Gasteiger partial charge in [-0.15, -0.1) is 0 Å². The minimum atomic E-state index is -1.14. The molecule has 0 aromatic heterocycles. The van der Waals surface area contributed by atoms with Crippen LogP contribution in [0.3, 0.4) is 0 Å². The Balaban J connectivity index is -0.000000224. The highest BCUT2D eigenvalue weighted by molar-refractivity contribution is 7.51. The van der Waals surface area contributed by atoms with Gasteiger partial charge in [0, 0.05) is 13.8 Å². The van der Waals surface area contributed by atoms with Crippen LogP contribution in [0.25, 0.3) is 0 Å². The Morgan fingerprint density at radius 2 is 1.05 bits per heavy atom. The van der Waals surface area contributed by atoms with Crippen molar-refractivity contribution in [1.82, 2.24) is 0 Å². The highest BCUT2D eigenvalue weighted by Crippen LogP contribution is 1.74. The van der Waals surface area contributed by atoms with Crippen molar-refractivity contribution in [3.63, 3.8) is 0 Å². The van der Waals surface area contributed by atoms with E-state index in [1.54, 1.807) is 0 Å². The van der Waals surface area contributed by atoms with E-state index >= 15 is 0 Å². The molecular formula is C8H12O10S. The van der Waals surface area contributed by atoms with Crippen molar-refractivity contribution in [2.45, 2.75) is 13.8 Å². The average molecular weight is 300 g/mol. The van der Waals surface area contributed by atoms with E-state index < -0.39 is 48.7 Å². The Morgan fingerprint density at radius 3 is 1.11 bits per heavy atom. The zero-order valence-corrected chi connectivity index (χ0v) is 10.8. The van der Waals surface area contributed by atoms with Crippen molar-refractivity contribution in [1.29, 1.82) is 0 Å². The van der Waals surface area contributed by atoms with E-state index in [4.69, 9.17) is 18.6 Å². The van der Waals surface area contributed by atoms with Crippen LogP contribution in [0.1, 0.15) is 13.8 Å². The summed E-state index contributed by atoms with van der Waals surface area (Å²) in [7, 11) is 0. The third kappa shape index (κ3) is 49.7. The van der Waals surface area contributed by atoms with Crippen molar-refractivity contribution in [2.24, 2.45) is 0 Å². The van der Waals surface area contributed by atoms with Gasteiger partial charge < -0.3 is 19.7 Å². The second-order valence-corrected chi connectivity index (χ2v) is 2.55. The summed E-state index contributed by atoms with van der Waals surface area (Å²) >= 11 is -0.750. The molecule has 0 unspecified atom stereocenters. The summed E-state index contributed by atoms with van der Waals surface area (Å²) < 4.78 is 24.7. The van der Waals surface area contributed by atoms with Crippen LogP contribution in [0, 0.1) is 0 Å². The highest BCUT2D eigenvalue weighted by atomic mass is 32.1. The minimum Gasteiger partial charge on any atom is -0.479 e. The topological polar surface area (TPSA) is 161 Å². The Morgan fingerprint density at radius 1 is 0.842 bits per heavy atom. The van der Waals surface area contributed by atoms with Crippen molar-refractivity contribution >= 4 is 35.4 Å². The van der Waals surface area contributed by atoms with Crippen LogP contribution in [0.15, 0.2) is 0 Å². The number of rotatable bonds is 4. The Kier molecular flexibility index (Phi) is 18.1. The molecule has 0 rings (SSSR count). The normalized spacial score (nSPS) is 7.47. The Hall–Kier alpha value is -2.30. The number of carboxylic acid groups (broad SMARTS) is 2. The first kappa shape index (κ1) is 21.9. The third-order valence-corrected chi connectivity index (χ3v) is 0.798. The molecule has 10 nitrogen and oxygen atoms in total. The first-order chi connectivity index (χ1) is 8.67. The van der Waals surface area contributed by atoms with E-state index in [0.717, 1.165) is 13.8 Å². The van der Waals surface area contributed by atoms with Crippen LogP contribution in [-0.4, -0.2) is 55.7 Å². The maximum Gasteiger partial charge on any atom is 0.341 e. The van der Waals surface area contributed by atoms with E-state index in [1.807, 2.05) is 0 Å². The molecule has 0 saturated heterocycles. The summed E-state index contributed by atoms with van der Waals surface area (Å²) in [6.07, 6.45) is 0. The number of hydrogen-bond acceptors (Lipinski definition) is 8. The van der Waals surface area contributed by atoms with E-state index in [9.17, 15) is 19.2 Å². The number of carbonyl (C=O) groups is 4.